The summed E-state index contributed by atoms with van der Waals surface area (Å²) in [5, 5.41) is 3.37. The number of rotatable bonds is 3. The summed E-state index contributed by atoms with van der Waals surface area (Å²) in [6.45, 7) is 2.07. The maximum Gasteiger partial charge on any atom is 0.151 e. The highest BCUT2D eigenvalue weighted by Gasteiger charge is 2.28. The molecule has 1 fully saturated rings. The van der Waals surface area contributed by atoms with Crippen LogP contribution in [0.2, 0.25) is 0 Å². The third-order valence-corrected chi connectivity index (χ3v) is 4.79. The Bertz CT molecular complexity index is 441. The Hall–Kier alpha value is -0.870. The van der Waals surface area contributed by atoms with Crippen molar-refractivity contribution in [1.82, 2.24) is 5.32 Å². The van der Waals surface area contributed by atoms with Gasteiger partial charge in [0.15, 0.2) is 9.84 Å². The van der Waals surface area contributed by atoms with E-state index in [1.165, 1.54) is 5.56 Å². The molecule has 1 heterocycles. The number of nitrogens with one attached hydrogen (secondary N) is 1. The number of sulfone groups is 1. The monoisotopic (exact) mass is 239 g/mol. The largest absolute Gasteiger partial charge is 0.306 e. The maximum absolute atomic E-state index is 11.3. The Kier molecular flexibility index (Phi) is 3.30. The fourth-order valence-corrected chi connectivity index (χ4v) is 3.80. The van der Waals surface area contributed by atoms with E-state index in [0.29, 0.717) is 5.75 Å². The molecule has 0 saturated carbocycles. The molecule has 0 aliphatic carbocycles. The second-order valence-corrected chi connectivity index (χ2v) is 6.63. The van der Waals surface area contributed by atoms with E-state index in [4.69, 9.17) is 0 Å². The minimum atomic E-state index is -2.79. The highest BCUT2D eigenvalue weighted by atomic mass is 32.2. The second-order valence-electron chi connectivity index (χ2n) is 4.40. The van der Waals surface area contributed by atoms with Crippen LogP contribution in [0.15, 0.2) is 30.3 Å². The lowest BCUT2D eigenvalue weighted by Gasteiger charge is -2.18. The smallest absolute Gasteiger partial charge is 0.151 e. The second kappa shape index (κ2) is 4.55. The maximum atomic E-state index is 11.3. The summed E-state index contributed by atoms with van der Waals surface area (Å²) in [5.74, 6) is 0.607. The molecule has 0 radical (unpaired) electrons. The summed E-state index contributed by atoms with van der Waals surface area (Å²) >= 11 is 0. The van der Waals surface area contributed by atoms with Gasteiger partial charge in [-0.15, -0.1) is 0 Å². The minimum absolute atomic E-state index is 0.111. The molecule has 1 aromatic rings. The van der Waals surface area contributed by atoms with E-state index in [1.54, 1.807) is 0 Å². The first kappa shape index (κ1) is 11.6. The summed E-state index contributed by atoms with van der Waals surface area (Å²) < 4.78 is 22.6. The normalized spacial score (nSPS) is 25.4. The van der Waals surface area contributed by atoms with Crippen molar-refractivity contribution in [3.63, 3.8) is 0 Å². The van der Waals surface area contributed by atoms with Gasteiger partial charge in [-0.2, -0.15) is 0 Å². The van der Waals surface area contributed by atoms with Gasteiger partial charge < -0.3 is 5.32 Å². The van der Waals surface area contributed by atoms with E-state index >= 15 is 0 Å². The van der Waals surface area contributed by atoms with E-state index < -0.39 is 9.84 Å². The summed E-state index contributed by atoms with van der Waals surface area (Å²) in [6.07, 6.45) is 0.736. The van der Waals surface area contributed by atoms with Gasteiger partial charge in [-0.3, -0.25) is 0 Å². The average Bonchev–Trinajstić information content (AvgIpc) is 2.59. The van der Waals surface area contributed by atoms with Gasteiger partial charge in [0.05, 0.1) is 11.5 Å². The lowest BCUT2D eigenvalue weighted by Crippen LogP contribution is -2.32. The fourth-order valence-electron chi connectivity index (χ4n) is 2.12. The zero-order valence-corrected chi connectivity index (χ0v) is 10.2. The van der Waals surface area contributed by atoms with Crippen LogP contribution in [-0.2, 0) is 9.84 Å². The molecular formula is C12H17NO2S. The van der Waals surface area contributed by atoms with Gasteiger partial charge in [-0.1, -0.05) is 30.3 Å². The van der Waals surface area contributed by atoms with Crippen molar-refractivity contribution in [2.24, 2.45) is 0 Å². The van der Waals surface area contributed by atoms with Gasteiger partial charge in [-0.05, 0) is 18.9 Å². The van der Waals surface area contributed by atoms with Crippen LogP contribution in [0.4, 0.5) is 0 Å². The van der Waals surface area contributed by atoms with Gasteiger partial charge >= 0.3 is 0 Å². The summed E-state index contributed by atoms with van der Waals surface area (Å²) in [7, 11) is -2.79. The zero-order chi connectivity index (χ0) is 11.6. The van der Waals surface area contributed by atoms with Crippen LogP contribution in [0.3, 0.4) is 0 Å². The molecule has 1 unspecified atom stereocenters. The van der Waals surface area contributed by atoms with Crippen LogP contribution < -0.4 is 5.32 Å². The van der Waals surface area contributed by atoms with Gasteiger partial charge in [0.1, 0.15) is 0 Å². The van der Waals surface area contributed by atoms with E-state index in [-0.39, 0.29) is 17.8 Å². The topological polar surface area (TPSA) is 46.2 Å². The molecule has 88 valence electrons. The predicted molar refractivity (Wildman–Crippen MR) is 65.1 cm³/mol. The third kappa shape index (κ3) is 2.83. The molecule has 2 atom stereocenters. The average molecular weight is 239 g/mol. The fraction of sp³-hybridized carbons (Fsp3) is 0.500. The first-order chi connectivity index (χ1) is 7.57. The first-order valence-electron chi connectivity index (χ1n) is 5.58. The van der Waals surface area contributed by atoms with Crippen LogP contribution in [0.5, 0.6) is 0 Å². The molecule has 0 amide bonds. The molecule has 1 saturated heterocycles. The molecule has 0 spiro atoms. The molecular weight excluding hydrogens is 222 g/mol. The molecule has 2 rings (SSSR count). The van der Waals surface area contributed by atoms with Crippen molar-refractivity contribution in [3.8, 4) is 0 Å². The zero-order valence-electron chi connectivity index (χ0n) is 9.39. The van der Waals surface area contributed by atoms with Crippen LogP contribution in [0.1, 0.15) is 24.9 Å². The predicted octanol–water partition coefficient (Wildman–Crippen LogP) is 1.52. The van der Waals surface area contributed by atoms with Crippen LogP contribution in [0.25, 0.3) is 0 Å². The number of hydrogen-bond donors (Lipinski definition) is 1. The Labute approximate surface area is 96.8 Å². The van der Waals surface area contributed by atoms with E-state index in [9.17, 15) is 8.42 Å². The van der Waals surface area contributed by atoms with Crippen LogP contribution in [-0.4, -0.2) is 26.0 Å². The molecule has 4 heteroatoms. The molecule has 1 N–H and O–H groups in total. The number of hydrogen-bond acceptors (Lipinski definition) is 3. The third-order valence-electron chi connectivity index (χ3n) is 3.02. The molecule has 1 aliphatic heterocycles. The van der Waals surface area contributed by atoms with Crippen LogP contribution >= 0.6 is 0 Å². The molecule has 1 aliphatic rings. The quantitative estimate of drug-likeness (QED) is 0.870. The first-order valence-corrected chi connectivity index (χ1v) is 7.40. The van der Waals surface area contributed by atoms with Crippen molar-refractivity contribution in [2.45, 2.75) is 25.4 Å². The Balaban J connectivity index is 1.96. The lowest BCUT2D eigenvalue weighted by molar-refractivity contribution is 0.485. The molecule has 0 bridgehead atoms. The van der Waals surface area contributed by atoms with Crippen molar-refractivity contribution in [3.05, 3.63) is 35.9 Å². The molecule has 16 heavy (non-hydrogen) atoms. The molecule has 0 aromatic heterocycles. The van der Waals surface area contributed by atoms with Crippen LogP contribution in [0, 0.1) is 0 Å². The summed E-state index contributed by atoms with van der Waals surface area (Å²) in [5.41, 5.74) is 1.20. The van der Waals surface area contributed by atoms with E-state index in [2.05, 4.69) is 24.4 Å². The lowest BCUT2D eigenvalue weighted by atomic mass is 10.1. The highest BCUT2D eigenvalue weighted by Crippen LogP contribution is 2.17. The Morgan fingerprint density at radius 3 is 2.56 bits per heavy atom. The standard InChI is InChI=1S/C12H17NO2S/c1-10(11-5-3-2-4-6-11)13-12-7-8-16(14,15)9-12/h2-6,10,12-13H,7-9H2,1H3/t10-,12?/m0/s1. The summed E-state index contributed by atoms with van der Waals surface area (Å²) in [6, 6.07) is 10.4. The van der Waals surface area contributed by atoms with Gasteiger partial charge in [0.2, 0.25) is 0 Å². The van der Waals surface area contributed by atoms with Gasteiger partial charge in [-0.25, -0.2) is 8.42 Å². The molecule has 3 nitrogen and oxygen atoms in total. The van der Waals surface area contributed by atoms with Crippen molar-refractivity contribution < 1.29 is 8.42 Å². The number of benzene rings is 1. The molecule has 1 aromatic carbocycles. The van der Waals surface area contributed by atoms with Crippen molar-refractivity contribution >= 4 is 9.84 Å². The SMILES string of the molecule is C[C@H](NC1CCS(=O)(=O)C1)c1ccccc1. The van der Waals surface area contributed by atoms with E-state index in [0.717, 1.165) is 6.42 Å². The Morgan fingerprint density at radius 1 is 1.31 bits per heavy atom. The van der Waals surface area contributed by atoms with E-state index in [1.807, 2.05) is 18.2 Å². The minimum Gasteiger partial charge on any atom is -0.306 e. The summed E-state index contributed by atoms with van der Waals surface area (Å²) in [4.78, 5) is 0. The van der Waals surface area contributed by atoms with Crippen molar-refractivity contribution in [2.75, 3.05) is 11.5 Å². The van der Waals surface area contributed by atoms with Crippen molar-refractivity contribution in [1.29, 1.82) is 0 Å². The Morgan fingerprint density at radius 2 is 2.00 bits per heavy atom. The highest BCUT2D eigenvalue weighted by molar-refractivity contribution is 7.91. The van der Waals surface area contributed by atoms with Gasteiger partial charge in [0, 0.05) is 12.1 Å². The van der Waals surface area contributed by atoms with Gasteiger partial charge in [0.25, 0.3) is 0 Å².